The summed E-state index contributed by atoms with van der Waals surface area (Å²) in [5.74, 6) is 0. The Morgan fingerprint density at radius 2 is 2.10 bits per heavy atom. The van der Waals surface area contributed by atoms with Gasteiger partial charge in [0.05, 0.1) is 0 Å². The fourth-order valence-electron chi connectivity index (χ4n) is 2.40. The number of pyridine rings is 1. The number of sulfonamides is 1. The standard InChI is InChI=1S/C14H20ClN3O2S/c1-3-7-17-8-4-9-18(11-10-17)21(19,20)13-6-5-12(2)16-14(13)15/h3,5-6H,1,4,7-11H2,2H3. The lowest BCUT2D eigenvalue weighted by molar-refractivity contribution is 0.316. The first-order chi connectivity index (χ1) is 9.95. The van der Waals surface area contributed by atoms with E-state index in [2.05, 4.69) is 16.5 Å². The van der Waals surface area contributed by atoms with Crippen LogP contribution in [0.2, 0.25) is 5.15 Å². The topological polar surface area (TPSA) is 53.5 Å². The third-order valence-electron chi connectivity index (χ3n) is 3.51. The van der Waals surface area contributed by atoms with E-state index in [4.69, 9.17) is 11.6 Å². The lowest BCUT2D eigenvalue weighted by atomic mass is 10.4. The summed E-state index contributed by atoms with van der Waals surface area (Å²) < 4.78 is 26.9. The first kappa shape index (κ1) is 16.4. The molecule has 0 radical (unpaired) electrons. The van der Waals surface area contributed by atoms with Crippen LogP contribution in [0.1, 0.15) is 12.1 Å². The van der Waals surface area contributed by atoms with Gasteiger partial charge in [0.15, 0.2) is 0 Å². The predicted octanol–water partition coefficient (Wildman–Crippen LogP) is 1.93. The molecule has 1 fully saturated rings. The third-order valence-corrected chi connectivity index (χ3v) is 5.84. The lowest BCUT2D eigenvalue weighted by Gasteiger charge is -2.21. The second-order valence-electron chi connectivity index (χ2n) is 5.09. The van der Waals surface area contributed by atoms with Crippen LogP contribution in [-0.4, -0.2) is 55.3 Å². The number of hydrogen-bond acceptors (Lipinski definition) is 4. The van der Waals surface area contributed by atoms with Gasteiger partial charge in [0.2, 0.25) is 10.0 Å². The molecule has 0 aliphatic carbocycles. The molecule has 5 nitrogen and oxygen atoms in total. The molecule has 0 bridgehead atoms. The van der Waals surface area contributed by atoms with Crippen LogP contribution >= 0.6 is 11.6 Å². The van der Waals surface area contributed by atoms with Crippen LogP contribution in [0.15, 0.2) is 29.7 Å². The van der Waals surface area contributed by atoms with Crippen LogP contribution in [0, 0.1) is 6.92 Å². The Kier molecular flexibility index (Phi) is 5.37. The van der Waals surface area contributed by atoms with Crippen molar-refractivity contribution in [3.63, 3.8) is 0 Å². The minimum absolute atomic E-state index is 0.0437. The van der Waals surface area contributed by atoms with E-state index in [1.54, 1.807) is 13.0 Å². The Morgan fingerprint density at radius 1 is 1.33 bits per heavy atom. The first-order valence-corrected chi connectivity index (χ1v) is 8.73. The Bertz CT molecular complexity index is 619. The zero-order valence-corrected chi connectivity index (χ0v) is 13.7. The maximum Gasteiger partial charge on any atom is 0.246 e. The summed E-state index contributed by atoms with van der Waals surface area (Å²) in [7, 11) is -3.58. The van der Waals surface area contributed by atoms with Gasteiger partial charge in [-0.3, -0.25) is 4.90 Å². The molecule has 0 aromatic carbocycles. The van der Waals surface area contributed by atoms with Gasteiger partial charge < -0.3 is 0 Å². The van der Waals surface area contributed by atoms with E-state index in [0.717, 1.165) is 19.5 Å². The molecule has 21 heavy (non-hydrogen) atoms. The molecule has 0 spiro atoms. The number of aryl methyl sites for hydroxylation is 1. The lowest BCUT2D eigenvalue weighted by Crippen LogP contribution is -2.35. The van der Waals surface area contributed by atoms with Crippen molar-refractivity contribution >= 4 is 21.6 Å². The van der Waals surface area contributed by atoms with Crippen molar-refractivity contribution in [3.8, 4) is 0 Å². The smallest absolute Gasteiger partial charge is 0.246 e. The molecule has 1 aliphatic heterocycles. The Hall–Kier alpha value is -0.950. The quantitative estimate of drug-likeness (QED) is 0.625. The molecular weight excluding hydrogens is 310 g/mol. The SMILES string of the molecule is C=CCN1CCCN(S(=O)(=O)c2ccc(C)nc2Cl)CC1. The summed E-state index contributed by atoms with van der Waals surface area (Å²) in [6.45, 7) is 8.81. The monoisotopic (exact) mass is 329 g/mol. The van der Waals surface area contributed by atoms with Gasteiger partial charge in [-0.25, -0.2) is 13.4 Å². The van der Waals surface area contributed by atoms with E-state index in [1.165, 1.54) is 10.4 Å². The highest BCUT2D eigenvalue weighted by molar-refractivity contribution is 7.89. The highest BCUT2D eigenvalue weighted by atomic mass is 35.5. The summed E-state index contributed by atoms with van der Waals surface area (Å²) in [6, 6.07) is 3.20. The van der Waals surface area contributed by atoms with Crippen molar-refractivity contribution in [2.24, 2.45) is 0 Å². The third kappa shape index (κ3) is 3.83. The van der Waals surface area contributed by atoms with E-state index < -0.39 is 10.0 Å². The molecule has 1 saturated heterocycles. The molecule has 7 heteroatoms. The molecule has 1 aromatic rings. The molecule has 0 unspecified atom stereocenters. The van der Waals surface area contributed by atoms with Gasteiger partial charge in [-0.05, 0) is 32.0 Å². The zero-order valence-electron chi connectivity index (χ0n) is 12.1. The van der Waals surface area contributed by atoms with Crippen molar-refractivity contribution in [3.05, 3.63) is 35.6 Å². The van der Waals surface area contributed by atoms with Crippen molar-refractivity contribution in [1.29, 1.82) is 0 Å². The largest absolute Gasteiger partial charge is 0.298 e. The van der Waals surface area contributed by atoms with Gasteiger partial charge in [-0.1, -0.05) is 17.7 Å². The van der Waals surface area contributed by atoms with Crippen molar-refractivity contribution in [2.45, 2.75) is 18.2 Å². The Labute approximate surface area is 131 Å². The molecule has 2 rings (SSSR count). The van der Waals surface area contributed by atoms with Crippen LogP contribution < -0.4 is 0 Å². The van der Waals surface area contributed by atoms with E-state index in [-0.39, 0.29) is 10.0 Å². The summed E-state index contributed by atoms with van der Waals surface area (Å²) in [5.41, 5.74) is 0.701. The number of hydrogen-bond donors (Lipinski definition) is 0. The average Bonchev–Trinajstić information content (AvgIpc) is 2.65. The number of aromatic nitrogens is 1. The maximum absolute atomic E-state index is 12.7. The number of halogens is 1. The molecular formula is C14H20ClN3O2S. The predicted molar refractivity (Wildman–Crippen MR) is 84.0 cm³/mol. The molecule has 0 atom stereocenters. The Balaban J connectivity index is 2.21. The average molecular weight is 330 g/mol. The van der Waals surface area contributed by atoms with Gasteiger partial charge >= 0.3 is 0 Å². The van der Waals surface area contributed by atoms with E-state index in [9.17, 15) is 8.42 Å². The van der Waals surface area contributed by atoms with Crippen molar-refractivity contribution in [1.82, 2.24) is 14.2 Å². The van der Waals surface area contributed by atoms with Gasteiger partial charge in [-0.15, -0.1) is 6.58 Å². The Morgan fingerprint density at radius 3 is 2.76 bits per heavy atom. The molecule has 2 heterocycles. The minimum atomic E-state index is -3.58. The van der Waals surface area contributed by atoms with Crippen molar-refractivity contribution in [2.75, 3.05) is 32.7 Å². The summed E-state index contributed by atoms with van der Waals surface area (Å²) in [5, 5.41) is 0.0437. The van der Waals surface area contributed by atoms with Gasteiger partial charge in [-0.2, -0.15) is 4.31 Å². The normalized spacial score (nSPS) is 18.4. The van der Waals surface area contributed by atoms with Crippen LogP contribution in [0.3, 0.4) is 0 Å². The minimum Gasteiger partial charge on any atom is -0.298 e. The molecule has 116 valence electrons. The van der Waals surface area contributed by atoms with Gasteiger partial charge in [0, 0.05) is 31.9 Å². The van der Waals surface area contributed by atoms with E-state index in [1.807, 2.05) is 6.08 Å². The molecule has 1 aliphatic rings. The molecule has 1 aromatic heterocycles. The highest BCUT2D eigenvalue weighted by Gasteiger charge is 2.29. The first-order valence-electron chi connectivity index (χ1n) is 6.91. The molecule has 0 amide bonds. The molecule has 0 N–H and O–H groups in total. The maximum atomic E-state index is 12.7. The summed E-state index contributed by atoms with van der Waals surface area (Å²) >= 11 is 6.01. The van der Waals surface area contributed by atoms with Crippen molar-refractivity contribution < 1.29 is 8.42 Å². The van der Waals surface area contributed by atoms with Gasteiger partial charge in [0.25, 0.3) is 0 Å². The summed E-state index contributed by atoms with van der Waals surface area (Å²) in [6.07, 6.45) is 2.63. The fraction of sp³-hybridized carbons (Fsp3) is 0.500. The zero-order chi connectivity index (χ0) is 15.5. The van der Waals surface area contributed by atoms with E-state index in [0.29, 0.717) is 25.3 Å². The second kappa shape index (κ2) is 6.87. The van der Waals surface area contributed by atoms with Crippen LogP contribution in [0.25, 0.3) is 0 Å². The van der Waals surface area contributed by atoms with Crippen LogP contribution in [0.4, 0.5) is 0 Å². The van der Waals surface area contributed by atoms with Crippen LogP contribution in [-0.2, 0) is 10.0 Å². The second-order valence-corrected chi connectivity index (χ2v) is 7.35. The number of nitrogens with zero attached hydrogens (tertiary/aromatic N) is 3. The summed E-state index contributed by atoms with van der Waals surface area (Å²) in [4.78, 5) is 6.32. The van der Waals surface area contributed by atoms with Crippen LogP contribution in [0.5, 0.6) is 0 Å². The van der Waals surface area contributed by atoms with Gasteiger partial charge in [0.1, 0.15) is 10.0 Å². The van der Waals surface area contributed by atoms with E-state index >= 15 is 0 Å². The highest BCUT2D eigenvalue weighted by Crippen LogP contribution is 2.24. The number of rotatable bonds is 4. The molecule has 0 saturated carbocycles. The fourth-order valence-corrected chi connectivity index (χ4v) is 4.35.